The molecular weight excluding hydrogens is 240 g/mol. The van der Waals surface area contributed by atoms with Crippen molar-refractivity contribution in [3.8, 4) is 5.75 Å². The first kappa shape index (κ1) is 12.2. The summed E-state index contributed by atoms with van der Waals surface area (Å²) in [5, 5.41) is 7.78. The zero-order valence-corrected chi connectivity index (χ0v) is 10.2. The van der Waals surface area contributed by atoms with E-state index < -0.39 is 0 Å². The van der Waals surface area contributed by atoms with E-state index in [1.807, 2.05) is 0 Å². The Kier molecular flexibility index (Phi) is 3.86. The number of hydrogen-bond donors (Lipinski definition) is 2. The predicted molar refractivity (Wildman–Crippen MR) is 66.9 cm³/mol. The van der Waals surface area contributed by atoms with Gasteiger partial charge in [0, 0.05) is 18.4 Å². The topological polar surface area (TPSA) is 68.3 Å². The third kappa shape index (κ3) is 3.11. The highest BCUT2D eigenvalue weighted by atomic mass is 35.5. The SMILES string of the molecule is N=C(N)c1ccc(OC2CCOCC2)cc1Cl. The van der Waals surface area contributed by atoms with Crippen molar-refractivity contribution in [2.75, 3.05) is 13.2 Å². The second-order valence-electron chi connectivity index (χ2n) is 3.98. The molecule has 0 aliphatic carbocycles. The molecular formula is C12H15ClN2O2. The maximum absolute atomic E-state index is 7.34. The monoisotopic (exact) mass is 254 g/mol. The van der Waals surface area contributed by atoms with E-state index in [2.05, 4.69) is 0 Å². The summed E-state index contributed by atoms with van der Waals surface area (Å²) in [7, 11) is 0. The molecule has 0 saturated carbocycles. The minimum Gasteiger partial charge on any atom is -0.490 e. The van der Waals surface area contributed by atoms with Gasteiger partial charge in [0.15, 0.2) is 0 Å². The maximum atomic E-state index is 7.34. The zero-order chi connectivity index (χ0) is 12.3. The number of ether oxygens (including phenoxy) is 2. The van der Waals surface area contributed by atoms with Crippen LogP contribution in [0.5, 0.6) is 5.75 Å². The van der Waals surface area contributed by atoms with Crippen LogP contribution in [-0.2, 0) is 4.74 Å². The molecule has 5 heteroatoms. The van der Waals surface area contributed by atoms with E-state index in [0.717, 1.165) is 26.1 Å². The fourth-order valence-corrected chi connectivity index (χ4v) is 2.05. The van der Waals surface area contributed by atoms with E-state index in [-0.39, 0.29) is 11.9 Å². The van der Waals surface area contributed by atoms with Gasteiger partial charge in [-0.3, -0.25) is 5.41 Å². The van der Waals surface area contributed by atoms with Crippen LogP contribution in [0.25, 0.3) is 0 Å². The van der Waals surface area contributed by atoms with Gasteiger partial charge in [-0.2, -0.15) is 0 Å². The average molecular weight is 255 g/mol. The molecule has 1 aromatic rings. The number of hydrogen-bond acceptors (Lipinski definition) is 3. The minimum absolute atomic E-state index is 0.0346. The number of halogens is 1. The summed E-state index contributed by atoms with van der Waals surface area (Å²) in [6.45, 7) is 1.48. The summed E-state index contributed by atoms with van der Waals surface area (Å²) in [5.74, 6) is 0.680. The van der Waals surface area contributed by atoms with Crippen molar-refractivity contribution in [1.29, 1.82) is 5.41 Å². The van der Waals surface area contributed by atoms with Crippen molar-refractivity contribution in [1.82, 2.24) is 0 Å². The second kappa shape index (κ2) is 5.38. The molecule has 1 saturated heterocycles. The first-order valence-corrected chi connectivity index (χ1v) is 5.93. The molecule has 1 fully saturated rings. The largest absolute Gasteiger partial charge is 0.490 e. The molecule has 2 rings (SSSR count). The minimum atomic E-state index is -0.0346. The zero-order valence-electron chi connectivity index (χ0n) is 9.41. The molecule has 0 bridgehead atoms. The molecule has 0 aromatic heterocycles. The van der Waals surface area contributed by atoms with Crippen LogP contribution in [0.1, 0.15) is 18.4 Å². The van der Waals surface area contributed by atoms with E-state index in [1.54, 1.807) is 18.2 Å². The van der Waals surface area contributed by atoms with Gasteiger partial charge in [-0.05, 0) is 18.2 Å². The summed E-state index contributed by atoms with van der Waals surface area (Å²) in [4.78, 5) is 0. The van der Waals surface area contributed by atoms with Gasteiger partial charge in [0.25, 0.3) is 0 Å². The van der Waals surface area contributed by atoms with Gasteiger partial charge in [-0.15, -0.1) is 0 Å². The molecule has 3 N–H and O–H groups in total. The van der Waals surface area contributed by atoms with Crippen LogP contribution in [0.3, 0.4) is 0 Å². The lowest BCUT2D eigenvalue weighted by atomic mass is 10.1. The molecule has 0 amide bonds. The Morgan fingerprint density at radius 2 is 2.12 bits per heavy atom. The van der Waals surface area contributed by atoms with Crippen LogP contribution >= 0.6 is 11.6 Å². The number of amidine groups is 1. The molecule has 1 aromatic carbocycles. The van der Waals surface area contributed by atoms with Gasteiger partial charge in [-0.25, -0.2) is 0 Å². The fourth-order valence-electron chi connectivity index (χ4n) is 1.77. The average Bonchev–Trinajstić information content (AvgIpc) is 2.30. The molecule has 92 valence electrons. The molecule has 0 atom stereocenters. The first-order valence-electron chi connectivity index (χ1n) is 5.55. The predicted octanol–water partition coefficient (Wildman–Crippen LogP) is 2.18. The van der Waals surface area contributed by atoms with Crippen LogP contribution in [0.2, 0.25) is 5.02 Å². The number of nitrogens with two attached hydrogens (primary N) is 1. The maximum Gasteiger partial charge on any atom is 0.124 e. The van der Waals surface area contributed by atoms with E-state index in [9.17, 15) is 0 Å². The molecule has 1 aliphatic rings. The molecule has 0 unspecified atom stereocenters. The molecule has 1 heterocycles. The summed E-state index contributed by atoms with van der Waals surface area (Å²) in [5.41, 5.74) is 5.92. The highest BCUT2D eigenvalue weighted by Crippen LogP contribution is 2.24. The molecule has 0 spiro atoms. The summed E-state index contributed by atoms with van der Waals surface area (Å²) in [6.07, 6.45) is 1.97. The van der Waals surface area contributed by atoms with Crippen LogP contribution in [-0.4, -0.2) is 25.2 Å². The Labute approximate surface area is 105 Å². The van der Waals surface area contributed by atoms with Crippen molar-refractivity contribution in [2.24, 2.45) is 5.73 Å². The van der Waals surface area contributed by atoms with Crippen molar-refractivity contribution in [2.45, 2.75) is 18.9 Å². The number of rotatable bonds is 3. The second-order valence-corrected chi connectivity index (χ2v) is 4.39. The highest BCUT2D eigenvalue weighted by molar-refractivity contribution is 6.34. The Morgan fingerprint density at radius 1 is 1.41 bits per heavy atom. The molecule has 4 nitrogen and oxygen atoms in total. The van der Waals surface area contributed by atoms with Gasteiger partial charge in [0.2, 0.25) is 0 Å². The number of nitrogen functional groups attached to an aromatic ring is 1. The lowest BCUT2D eigenvalue weighted by molar-refractivity contribution is 0.0256. The van der Waals surface area contributed by atoms with Gasteiger partial charge >= 0.3 is 0 Å². The smallest absolute Gasteiger partial charge is 0.124 e. The Bertz CT molecular complexity index is 417. The van der Waals surface area contributed by atoms with E-state index in [1.165, 1.54) is 0 Å². The van der Waals surface area contributed by atoms with Crippen molar-refractivity contribution in [3.63, 3.8) is 0 Å². The van der Waals surface area contributed by atoms with E-state index in [4.69, 9.17) is 32.2 Å². The third-order valence-corrected chi connectivity index (χ3v) is 3.01. The Hall–Kier alpha value is -1.26. The van der Waals surface area contributed by atoms with E-state index in [0.29, 0.717) is 16.3 Å². The Morgan fingerprint density at radius 3 is 2.71 bits per heavy atom. The summed E-state index contributed by atoms with van der Waals surface area (Å²) in [6, 6.07) is 5.20. The van der Waals surface area contributed by atoms with Gasteiger partial charge < -0.3 is 15.2 Å². The Balaban J connectivity index is 2.06. The van der Waals surface area contributed by atoms with Gasteiger partial charge in [-0.1, -0.05) is 11.6 Å². The quantitative estimate of drug-likeness (QED) is 0.642. The van der Waals surface area contributed by atoms with Gasteiger partial charge in [0.1, 0.15) is 17.7 Å². The first-order chi connectivity index (χ1) is 8.16. The number of benzene rings is 1. The highest BCUT2D eigenvalue weighted by Gasteiger charge is 2.15. The van der Waals surface area contributed by atoms with Crippen LogP contribution in [0, 0.1) is 5.41 Å². The normalized spacial score (nSPS) is 16.8. The van der Waals surface area contributed by atoms with Crippen molar-refractivity contribution in [3.05, 3.63) is 28.8 Å². The van der Waals surface area contributed by atoms with Crippen molar-refractivity contribution >= 4 is 17.4 Å². The van der Waals surface area contributed by atoms with Crippen LogP contribution in [0.4, 0.5) is 0 Å². The lowest BCUT2D eigenvalue weighted by Crippen LogP contribution is -2.25. The van der Waals surface area contributed by atoms with E-state index >= 15 is 0 Å². The van der Waals surface area contributed by atoms with Crippen LogP contribution < -0.4 is 10.5 Å². The number of nitrogens with one attached hydrogen (secondary N) is 1. The summed E-state index contributed by atoms with van der Waals surface area (Å²) < 4.78 is 11.1. The molecule has 1 aliphatic heterocycles. The standard InChI is InChI=1S/C12H15ClN2O2/c13-11-7-9(1-2-10(11)12(14)15)17-8-3-5-16-6-4-8/h1-2,7-8H,3-6H2,(H3,14,15). The lowest BCUT2D eigenvalue weighted by Gasteiger charge is -2.23. The molecule has 0 radical (unpaired) electrons. The molecule has 17 heavy (non-hydrogen) atoms. The third-order valence-electron chi connectivity index (χ3n) is 2.70. The van der Waals surface area contributed by atoms with Crippen molar-refractivity contribution < 1.29 is 9.47 Å². The summed E-state index contributed by atoms with van der Waals surface area (Å²) >= 11 is 6.02. The van der Waals surface area contributed by atoms with Crippen LogP contribution in [0.15, 0.2) is 18.2 Å². The fraction of sp³-hybridized carbons (Fsp3) is 0.417. The van der Waals surface area contributed by atoms with Gasteiger partial charge in [0.05, 0.1) is 18.2 Å².